The highest BCUT2D eigenvalue weighted by atomic mass is 16.5. The molecule has 1 aromatic rings. The third kappa shape index (κ3) is 2.04. The van der Waals surface area contributed by atoms with E-state index >= 15 is 0 Å². The van der Waals surface area contributed by atoms with Gasteiger partial charge in [0, 0.05) is 31.9 Å². The second-order valence-corrected chi connectivity index (χ2v) is 5.07. The lowest BCUT2D eigenvalue weighted by atomic mass is 10.1. The quantitative estimate of drug-likeness (QED) is 0.837. The molecule has 0 aromatic heterocycles. The number of rotatable bonds is 1. The van der Waals surface area contributed by atoms with E-state index in [4.69, 9.17) is 10.5 Å². The number of aliphatic imine (C=N–C) groups is 1. The molecule has 0 saturated carbocycles. The number of ether oxygens (including phenoxy) is 1. The largest absolute Gasteiger partial charge is 0.453 e. The van der Waals surface area contributed by atoms with Crippen molar-refractivity contribution in [3.05, 3.63) is 41.7 Å². The molecule has 4 heteroatoms. The first-order valence-corrected chi connectivity index (χ1v) is 6.29. The van der Waals surface area contributed by atoms with Gasteiger partial charge in [-0.15, -0.1) is 0 Å². The lowest BCUT2D eigenvalue weighted by Crippen LogP contribution is -2.23. The van der Waals surface area contributed by atoms with Gasteiger partial charge in [0.25, 0.3) is 0 Å². The number of nitrogens with zero attached hydrogens (tertiary/aromatic N) is 2. The second kappa shape index (κ2) is 4.24. The van der Waals surface area contributed by atoms with Crippen LogP contribution in [0.2, 0.25) is 0 Å². The van der Waals surface area contributed by atoms with Crippen molar-refractivity contribution in [2.75, 3.05) is 19.0 Å². The summed E-state index contributed by atoms with van der Waals surface area (Å²) in [6.45, 7) is 2.08. The van der Waals surface area contributed by atoms with Crippen LogP contribution >= 0.6 is 0 Å². The van der Waals surface area contributed by atoms with Gasteiger partial charge >= 0.3 is 0 Å². The van der Waals surface area contributed by atoms with Crippen LogP contribution in [0.25, 0.3) is 0 Å². The molecule has 1 aliphatic heterocycles. The maximum absolute atomic E-state index is 5.92. The van der Waals surface area contributed by atoms with E-state index in [0.29, 0.717) is 0 Å². The first-order chi connectivity index (χ1) is 9.04. The van der Waals surface area contributed by atoms with Gasteiger partial charge < -0.3 is 15.4 Å². The molecule has 0 spiro atoms. The molecule has 0 amide bonds. The molecule has 98 valence electrons. The third-order valence-corrected chi connectivity index (χ3v) is 3.29. The number of anilines is 1. The Kier molecular flexibility index (Phi) is 2.68. The van der Waals surface area contributed by atoms with E-state index in [1.54, 1.807) is 0 Å². The molecule has 1 atom stereocenters. The van der Waals surface area contributed by atoms with Gasteiger partial charge in [-0.1, -0.05) is 6.08 Å². The summed E-state index contributed by atoms with van der Waals surface area (Å²) in [7, 11) is 4.04. The van der Waals surface area contributed by atoms with Gasteiger partial charge in [-0.25, -0.2) is 4.99 Å². The molecule has 0 bridgehead atoms. The summed E-state index contributed by atoms with van der Waals surface area (Å²) >= 11 is 0. The minimum Gasteiger partial charge on any atom is -0.453 e. The van der Waals surface area contributed by atoms with E-state index in [2.05, 4.69) is 22.9 Å². The number of nitrogens with two attached hydrogens (primary N) is 1. The van der Waals surface area contributed by atoms with Gasteiger partial charge in [0.15, 0.2) is 11.5 Å². The molecular weight excluding hydrogens is 238 g/mol. The van der Waals surface area contributed by atoms with Crippen LogP contribution in [-0.4, -0.2) is 25.8 Å². The Balaban J connectivity index is 2.10. The summed E-state index contributed by atoms with van der Waals surface area (Å²) < 4.78 is 5.92. The number of hydrogen-bond donors (Lipinski definition) is 1. The maximum atomic E-state index is 5.92. The van der Waals surface area contributed by atoms with E-state index in [1.165, 1.54) is 5.56 Å². The normalized spacial score (nSPS) is 19.9. The molecule has 0 saturated heterocycles. The molecule has 2 N–H and O–H groups in total. The lowest BCUT2D eigenvalue weighted by molar-refractivity contribution is 0.446. The average molecular weight is 255 g/mol. The molecule has 0 radical (unpaired) electrons. The summed E-state index contributed by atoms with van der Waals surface area (Å²) in [6.07, 6.45) is 5.72. The Labute approximate surface area is 112 Å². The highest BCUT2D eigenvalue weighted by molar-refractivity contribution is 6.10. The SMILES string of the molecule is Cc1cc2c(cc1N(C)C)OC1=CC(N)C=CC1=N2. The van der Waals surface area contributed by atoms with Crippen molar-refractivity contribution in [2.45, 2.75) is 13.0 Å². The Hall–Kier alpha value is -2.07. The van der Waals surface area contributed by atoms with Crippen LogP contribution in [0.5, 0.6) is 5.75 Å². The minimum atomic E-state index is -0.103. The highest BCUT2D eigenvalue weighted by Gasteiger charge is 2.21. The predicted octanol–water partition coefficient (Wildman–Crippen LogP) is 2.31. The van der Waals surface area contributed by atoms with E-state index in [9.17, 15) is 0 Å². The van der Waals surface area contributed by atoms with Crippen LogP contribution in [0.15, 0.2) is 41.1 Å². The van der Waals surface area contributed by atoms with Gasteiger partial charge in [0.05, 0.1) is 0 Å². The van der Waals surface area contributed by atoms with Crippen molar-refractivity contribution in [2.24, 2.45) is 10.7 Å². The first-order valence-electron chi connectivity index (χ1n) is 6.29. The van der Waals surface area contributed by atoms with Crippen molar-refractivity contribution in [1.29, 1.82) is 0 Å². The van der Waals surface area contributed by atoms with E-state index in [-0.39, 0.29) is 6.04 Å². The number of allylic oxidation sites excluding steroid dienone is 1. The fourth-order valence-electron chi connectivity index (χ4n) is 2.34. The summed E-state index contributed by atoms with van der Waals surface area (Å²) in [5, 5.41) is 0. The number of benzene rings is 1. The Morgan fingerprint density at radius 3 is 2.84 bits per heavy atom. The molecule has 0 fully saturated rings. The van der Waals surface area contributed by atoms with Gasteiger partial charge in [0.2, 0.25) is 0 Å². The molecule has 4 nitrogen and oxygen atoms in total. The minimum absolute atomic E-state index is 0.103. The zero-order valence-corrected chi connectivity index (χ0v) is 11.3. The van der Waals surface area contributed by atoms with E-state index < -0.39 is 0 Å². The summed E-state index contributed by atoms with van der Waals surface area (Å²) in [5.74, 6) is 1.53. The topological polar surface area (TPSA) is 50.9 Å². The fraction of sp³-hybridized carbons (Fsp3) is 0.267. The maximum Gasteiger partial charge on any atom is 0.155 e. The third-order valence-electron chi connectivity index (χ3n) is 3.29. The van der Waals surface area contributed by atoms with Crippen LogP contribution in [-0.2, 0) is 0 Å². The standard InChI is InChI=1S/C15H17N3O/c1-9-6-12-15(8-13(9)18(2)3)19-14-7-10(16)4-5-11(14)17-12/h4-8,10H,16H2,1-3H3. The van der Waals surface area contributed by atoms with Crippen LogP contribution in [0, 0.1) is 6.92 Å². The molecule has 1 heterocycles. The van der Waals surface area contributed by atoms with Crippen molar-refractivity contribution in [3.8, 4) is 5.75 Å². The number of aryl methyl sites for hydroxylation is 1. The smallest absolute Gasteiger partial charge is 0.155 e. The predicted molar refractivity (Wildman–Crippen MR) is 78.4 cm³/mol. The first kappa shape index (κ1) is 12.0. The van der Waals surface area contributed by atoms with Crippen molar-refractivity contribution < 1.29 is 4.74 Å². The Morgan fingerprint density at radius 2 is 2.11 bits per heavy atom. The van der Waals surface area contributed by atoms with E-state index in [0.717, 1.165) is 28.6 Å². The summed E-state index contributed by atoms with van der Waals surface area (Å²) in [4.78, 5) is 6.69. The van der Waals surface area contributed by atoms with E-state index in [1.807, 2.05) is 38.4 Å². The summed E-state index contributed by atoms with van der Waals surface area (Å²) in [5.41, 5.74) is 9.88. The van der Waals surface area contributed by atoms with Gasteiger partial charge in [0.1, 0.15) is 11.4 Å². The van der Waals surface area contributed by atoms with Crippen molar-refractivity contribution in [1.82, 2.24) is 0 Å². The molecule has 1 aromatic carbocycles. The van der Waals surface area contributed by atoms with Gasteiger partial charge in [-0.05, 0) is 30.7 Å². The Morgan fingerprint density at radius 1 is 1.32 bits per heavy atom. The highest BCUT2D eigenvalue weighted by Crippen LogP contribution is 2.39. The zero-order valence-electron chi connectivity index (χ0n) is 11.3. The molecule has 1 aliphatic carbocycles. The van der Waals surface area contributed by atoms with Gasteiger partial charge in [-0.2, -0.15) is 0 Å². The van der Waals surface area contributed by atoms with Crippen LogP contribution < -0.4 is 15.4 Å². The molecular formula is C15H17N3O. The monoisotopic (exact) mass is 255 g/mol. The second-order valence-electron chi connectivity index (χ2n) is 5.07. The fourth-order valence-corrected chi connectivity index (χ4v) is 2.34. The Bertz CT molecular complexity index is 627. The van der Waals surface area contributed by atoms with Crippen molar-refractivity contribution >= 4 is 17.1 Å². The number of hydrogen-bond acceptors (Lipinski definition) is 4. The van der Waals surface area contributed by atoms with Crippen LogP contribution in [0.1, 0.15) is 5.56 Å². The molecule has 1 unspecified atom stereocenters. The number of fused-ring (bicyclic) bond motifs is 2. The summed E-state index contributed by atoms with van der Waals surface area (Å²) in [6, 6.07) is 3.97. The molecule has 19 heavy (non-hydrogen) atoms. The molecule has 2 aliphatic rings. The average Bonchev–Trinajstić information content (AvgIpc) is 2.35. The van der Waals surface area contributed by atoms with Crippen LogP contribution in [0.3, 0.4) is 0 Å². The van der Waals surface area contributed by atoms with Gasteiger partial charge in [-0.3, -0.25) is 0 Å². The van der Waals surface area contributed by atoms with Crippen molar-refractivity contribution in [3.63, 3.8) is 0 Å². The molecule has 3 rings (SSSR count). The zero-order chi connectivity index (χ0) is 13.6. The lowest BCUT2D eigenvalue weighted by Gasteiger charge is -2.24. The van der Waals surface area contributed by atoms with Crippen LogP contribution in [0.4, 0.5) is 11.4 Å².